The number of nitrogens with zero attached hydrogens (tertiary/aromatic N) is 1. The summed E-state index contributed by atoms with van der Waals surface area (Å²) in [4.78, 5) is 24.1. The largest absolute Gasteiger partial charge is 0.493 e. The molecule has 3 aromatic rings. The molecule has 31 heavy (non-hydrogen) atoms. The van der Waals surface area contributed by atoms with E-state index in [9.17, 15) is 9.59 Å². The van der Waals surface area contributed by atoms with Gasteiger partial charge in [0, 0.05) is 0 Å². The lowest BCUT2D eigenvalue weighted by Gasteiger charge is -2.10. The van der Waals surface area contributed by atoms with Gasteiger partial charge in [0.15, 0.2) is 18.1 Å². The Bertz CT molecular complexity index is 1080. The van der Waals surface area contributed by atoms with Crippen molar-refractivity contribution in [3.63, 3.8) is 0 Å². The molecule has 0 radical (unpaired) electrons. The number of ether oxygens (including phenoxy) is 3. The molecule has 0 saturated heterocycles. The summed E-state index contributed by atoms with van der Waals surface area (Å²) >= 11 is 0. The zero-order chi connectivity index (χ0) is 22.1. The Morgan fingerprint density at radius 2 is 1.77 bits per heavy atom. The molecule has 3 aromatic carbocycles. The van der Waals surface area contributed by atoms with Gasteiger partial charge in [-0.05, 0) is 60.5 Å². The van der Waals surface area contributed by atoms with Gasteiger partial charge < -0.3 is 14.2 Å². The Kier molecular flexibility index (Phi) is 7.37. The van der Waals surface area contributed by atoms with Gasteiger partial charge in [0.2, 0.25) is 0 Å². The summed E-state index contributed by atoms with van der Waals surface area (Å²) in [7, 11) is 1.47. The monoisotopic (exact) mass is 418 g/mol. The highest BCUT2D eigenvalue weighted by Crippen LogP contribution is 2.28. The molecule has 1 N–H and O–H groups in total. The van der Waals surface area contributed by atoms with Crippen molar-refractivity contribution in [1.29, 1.82) is 0 Å². The van der Waals surface area contributed by atoms with Crippen LogP contribution in [-0.2, 0) is 4.79 Å². The standard InChI is InChI=1S/C24H22N2O5/c1-17-7-6-10-20(13-17)30-16-23(27)26-25-15-18-11-12-21(22(14-18)29-2)31-24(28)19-8-4-3-5-9-19/h3-15H,16H2,1-2H3,(H,26,27)/b25-15-. The van der Waals surface area contributed by atoms with Crippen LogP contribution < -0.4 is 19.6 Å². The van der Waals surface area contributed by atoms with E-state index in [1.807, 2.05) is 31.2 Å². The summed E-state index contributed by atoms with van der Waals surface area (Å²) in [6.45, 7) is 1.79. The van der Waals surface area contributed by atoms with Crippen molar-refractivity contribution >= 4 is 18.1 Å². The van der Waals surface area contributed by atoms with Crippen molar-refractivity contribution in [2.75, 3.05) is 13.7 Å². The Morgan fingerprint density at radius 3 is 2.52 bits per heavy atom. The number of hydrazone groups is 1. The number of hydrogen-bond donors (Lipinski definition) is 1. The van der Waals surface area contributed by atoms with E-state index in [1.165, 1.54) is 13.3 Å². The highest BCUT2D eigenvalue weighted by molar-refractivity contribution is 5.91. The van der Waals surface area contributed by atoms with E-state index in [-0.39, 0.29) is 12.4 Å². The van der Waals surface area contributed by atoms with E-state index in [1.54, 1.807) is 48.5 Å². The molecule has 1 amide bonds. The van der Waals surface area contributed by atoms with Crippen LogP contribution in [0.15, 0.2) is 77.9 Å². The number of carbonyl (C=O) groups excluding carboxylic acids is 2. The minimum atomic E-state index is -0.485. The van der Waals surface area contributed by atoms with Gasteiger partial charge in [0.25, 0.3) is 5.91 Å². The quantitative estimate of drug-likeness (QED) is 0.261. The SMILES string of the molecule is COc1cc(/C=N\NC(=O)COc2cccc(C)c2)ccc1OC(=O)c1ccccc1. The van der Waals surface area contributed by atoms with E-state index in [0.717, 1.165) is 5.56 Å². The summed E-state index contributed by atoms with van der Waals surface area (Å²) in [5.41, 5.74) is 4.53. The topological polar surface area (TPSA) is 86.2 Å². The Hall–Kier alpha value is -4.13. The first-order valence-corrected chi connectivity index (χ1v) is 9.52. The summed E-state index contributed by atoms with van der Waals surface area (Å²) in [5, 5.41) is 3.92. The number of hydrogen-bond acceptors (Lipinski definition) is 6. The Labute approximate surface area is 180 Å². The lowest BCUT2D eigenvalue weighted by molar-refractivity contribution is -0.123. The molecule has 0 aliphatic heterocycles. The zero-order valence-electron chi connectivity index (χ0n) is 17.2. The highest BCUT2D eigenvalue weighted by atomic mass is 16.6. The summed E-state index contributed by atoms with van der Waals surface area (Å²) in [6, 6.07) is 21.0. The molecular formula is C24H22N2O5. The molecule has 7 nitrogen and oxygen atoms in total. The molecule has 0 aliphatic rings. The Morgan fingerprint density at radius 1 is 0.968 bits per heavy atom. The average molecular weight is 418 g/mol. The number of esters is 1. The molecule has 0 unspecified atom stereocenters. The maximum Gasteiger partial charge on any atom is 0.343 e. The van der Waals surface area contributed by atoms with Crippen LogP contribution in [0.3, 0.4) is 0 Å². The first-order chi connectivity index (χ1) is 15.0. The third-order valence-electron chi connectivity index (χ3n) is 4.16. The predicted molar refractivity (Wildman–Crippen MR) is 117 cm³/mol. The van der Waals surface area contributed by atoms with Gasteiger partial charge in [-0.3, -0.25) is 4.79 Å². The first kappa shape index (κ1) is 21.6. The molecule has 0 bridgehead atoms. The molecule has 158 valence electrons. The fraction of sp³-hybridized carbons (Fsp3) is 0.125. The van der Waals surface area contributed by atoms with Crippen molar-refractivity contribution in [3.05, 3.63) is 89.5 Å². The summed E-state index contributed by atoms with van der Waals surface area (Å²) in [5.74, 6) is 0.384. The van der Waals surface area contributed by atoms with E-state index in [4.69, 9.17) is 14.2 Å². The lowest BCUT2D eigenvalue weighted by atomic mass is 10.2. The van der Waals surface area contributed by atoms with Gasteiger partial charge >= 0.3 is 5.97 Å². The van der Waals surface area contributed by atoms with Gasteiger partial charge in [-0.15, -0.1) is 0 Å². The van der Waals surface area contributed by atoms with Crippen LogP contribution in [0.5, 0.6) is 17.2 Å². The second-order valence-electron chi connectivity index (χ2n) is 6.56. The van der Waals surface area contributed by atoms with Crippen LogP contribution in [-0.4, -0.2) is 31.8 Å². The minimum absolute atomic E-state index is 0.154. The van der Waals surface area contributed by atoms with Gasteiger partial charge in [0.1, 0.15) is 5.75 Å². The number of methoxy groups -OCH3 is 1. The maximum atomic E-state index is 12.2. The lowest BCUT2D eigenvalue weighted by Crippen LogP contribution is -2.24. The van der Waals surface area contributed by atoms with E-state index in [0.29, 0.717) is 22.6 Å². The van der Waals surface area contributed by atoms with E-state index >= 15 is 0 Å². The van der Waals surface area contributed by atoms with Crippen LogP contribution in [0.25, 0.3) is 0 Å². The molecule has 0 atom stereocenters. The van der Waals surface area contributed by atoms with Crippen LogP contribution >= 0.6 is 0 Å². The molecule has 0 aromatic heterocycles. The van der Waals surface area contributed by atoms with Gasteiger partial charge in [-0.1, -0.05) is 30.3 Å². The smallest absolute Gasteiger partial charge is 0.343 e. The van der Waals surface area contributed by atoms with Crippen LogP contribution in [0.4, 0.5) is 0 Å². The second kappa shape index (κ2) is 10.6. The van der Waals surface area contributed by atoms with Crippen LogP contribution in [0, 0.1) is 6.92 Å². The summed E-state index contributed by atoms with van der Waals surface area (Å²) in [6.07, 6.45) is 1.45. The third kappa shape index (κ3) is 6.43. The first-order valence-electron chi connectivity index (χ1n) is 9.52. The molecule has 0 heterocycles. The van der Waals surface area contributed by atoms with Crippen molar-refractivity contribution in [3.8, 4) is 17.2 Å². The van der Waals surface area contributed by atoms with Gasteiger partial charge in [-0.2, -0.15) is 5.10 Å². The second-order valence-corrected chi connectivity index (χ2v) is 6.56. The number of rotatable bonds is 8. The van der Waals surface area contributed by atoms with Crippen LogP contribution in [0.2, 0.25) is 0 Å². The molecule has 0 saturated carbocycles. The van der Waals surface area contributed by atoms with Gasteiger partial charge in [0.05, 0.1) is 18.9 Å². The van der Waals surface area contributed by atoms with Crippen molar-refractivity contribution in [1.82, 2.24) is 5.43 Å². The van der Waals surface area contributed by atoms with Crippen LogP contribution in [0.1, 0.15) is 21.5 Å². The molecular weight excluding hydrogens is 396 g/mol. The normalized spacial score (nSPS) is 10.5. The van der Waals surface area contributed by atoms with Crippen molar-refractivity contribution in [2.24, 2.45) is 5.10 Å². The van der Waals surface area contributed by atoms with Crippen molar-refractivity contribution < 1.29 is 23.8 Å². The van der Waals surface area contributed by atoms with E-state index < -0.39 is 11.9 Å². The maximum absolute atomic E-state index is 12.2. The average Bonchev–Trinajstić information content (AvgIpc) is 2.79. The molecule has 0 fully saturated rings. The molecule has 0 spiro atoms. The molecule has 3 rings (SSSR count). The predicted octanol–water partition coefficient (Wildman–Crippen LogP) is 3.75. The number of benzene rings is 3. The Balaban J connectivity index is 1.55. The minimum Gasteiger partial charge on any atom is -0.493 e. The van der Waals surface area contributed by atoms with Crippen molar-refractivity contribution in [2.45, 2.75) is 6.92 Å². The van der Waals surface area contributed by atoms with E-state index in [2.05, 4.69) is 10.5 Å². The number of aryl methyl sites for hydroxylation is 1. The molecule has 0 aliphatic carbocycles. The third-order valence-corrected chi connectivity index (χ3v) is 4.16. The number of nitrogens with one attached hydrogen (secondary N) is 1. The molecule has 7 heteroatoms. The number of carbonyl (C=O) groups is 2. The number of amides is 1. The highest BCUT2D eigenvalue weighted by Gasteiger charge is 2.12. The summed E-state index contributed by atoms with van der Waals surface area (Å²) < 4.78 is 16.1. The fourth-order valence-electron chi connectivity index (χ4n) is 2.65. The van der Waals surface area contributed by atoms with Gasteiger partial charge in [-0.25, -0.2) is 10.2 Å². The zero-order valence-corrected chi connectivity index (χ0v) is 17.2. The fourth-order valence-corrected chi connectivity index (χ4v) is 2.65.